The molecule has 1 aromatic carbocycles. The van der Waals surface area contributed by atoms with Gasteiger partial charge in [-0.05, 0) is 32.4 Å². The number of carbonyl (C=O) groups is 1. The fourth-order valence-electron chi connectivity index (χ4n) is 3.03. The molecule has 1 amide bonds. The summed E-state index contributed by atoms with van der Waals surface area (Å²) in [6.45, 7) is 4.05. The second-order valence-corrected chi connectivity index (χ2v) is 8.03. The molecule has 0 aliphatic rings. The number of hydrogen-bond donors (Lipinski definition) is 3. The Hall–Kier alpha value is -3.77. The van der Waals surface area contributed by atoms with Crippen molar-refractivity contribution in [2.45, 2.75) is 39.2 Å². The van der Waals surface area contributed by atoms with Crippen molar-refractivity contribution in [3.8, 4) is 11.5 Å². The Morgan fingerprint density at radius 3 is 2.63 bits per heavy atom. The number of carbonyl (C=O) groups excluding carboxylic acids is 1. The van der Waals surface area contributed by atoms with Gasteiger partial charge in [0.05, 0.1) is 38.0 Å². The highest BCUT2D eigenvalue weighted by molar-refractivity contribution is 5.94. The predicted octanol–water partition coefficient (Wildman–Crippen LogP) is 2.64. The fourth-order valence-corrected chi connectivity index (χ4v) is 3.03. The molecule has 3 aromatic rings. The molecule has 0 fully saturated rings. The van der Waals surface area contributed by atoms with Crippen molar-refractivity contribution in [2.75, 3.05) is 26.1 Å². The highest BCUT2D eigenvalue weighted by Crippen LogP contribution is 2.24. The van der Waals surface area contributed by atoms with E-state index in [2.05, 4.69) is 25.7 Å². The number of aliphatic hydroxyl groups is 1. The predicted molar refractivity (Wildman–Crippen MR) is 125 cm³/mol. The zero-order valence-electron chi connectivity index (χ0n) is 20.0. The number of anilines is 2. The van der Waals surface area contributed by atoms with Crippen molar-refractivity contribution in [2.24, 2.45) is 0 Å². The van der Waals surface area contributed by atoms with Crippen LogP contribution in [0.1, 0.15) is 36.2 Å². The Balaban J connectivity index is 1.55. The van der Waals surface area contributed by atoms with E-state index in [1.54, 1.807) is 30.9 Å². The summed E-state index contributed by atoms with van der Waals surface area (Å²) in [6.07, 6.45) is 7.02. The molecule has 35 heavy (non-hydrogen) atoms. The average molecular weight is 489 g/mol. The summed E-state index contributed by atoms with van der Waals surface area (Å²) in [5.41, 5.74) is 1.11. The number of aromatic nitrogens is 4. The number of rotatable bonds is 12. The molecule has 2 heterocycles. The van der Waals surface area contributed by atoms with E-state index in [4.69, 9.17) is 14.2 Å². The van der Waals surface area contributed by atoms with E-state index in [1.165, 1.54) is 38.7 Å². The molecular formula is C23H29FN6O5. The second kappa shape index (κ2) is 11.6. The molecule has 0 spiro atoms. The quantitative estimate of drug-likeness (QED) is 0.260. The average Bonchev–Trinajstić information content (AvgIpc) is 3.28. The van der Waals surface area contributed by atoms with E-state index in [0.717, 1.165) is 0 Å². The Morgan fingerprint density at radius 2 is 1.97 bits per heavy atom. The van der Waals surface area contributed by atoms with E-state index in [0.29, 0.717) is 37.0 Å². The van der Waals surface area contributed by atoms with Gasteiger partial charge in [0.15, 0.2) is 23.1 Å². The number of nitrogens with one attached hydrogen (secondary N) is 2. The smallest absolute Gasteiger partial charge is 0.251 e. The Morgan fingerprint density at radius 1 is 1.23 bits per heavy atom. The zero-order chi connectivity index (χ0) is 25.4. The minimum absolute atomic E-state index is 0.0502. The van der Waals surface area contributed by atoms with E-state index in [-0.39, 0.29) is 29.4 Å². The van der Waals surface area contributed by atoms with Crippen LogP contribution in [-0.2, 0) is 17.9 Å². The Bertz CT molecular complexity index is 1130. The van der Waals surface area contributed by atoms with Gasteiger partial charge in [-0.15, -0.1) is 0 Å². The van der Waals surface area contributed by atoms with Crippen molar-refractivity contribution in [3.05, 3.63) is 53.9 Å². The lowest BCUT2D eigenvalue weighted by Gasteiger charge is -2.17. The molecule has 11 nitrogen and oxygen atoms in total. The monoisotopic (exact) mass is 488 g/mol. The fraction of sp³-hybridized carbons (Fsp3) is 0.391. The first-order chi connectivity index (χ1) is 16.7. The summed E-state index contributed by atoms with van der Waals surface area (Å²) in [5.74, 6) is -1.53. The van der Waals surface area contributed by atoms with Crippen LogP contribution in [0.5, 0.6) is 11.5 Å². The normalized spacial score (nSPS) is 11.3. The minimum Gasteiger partial charge on any atom is -0.494 e. The first-order valence-corrected chi connectivity index (χ1v) is 10.9. The number of amides is 1. The van der Waals surface area contributed by atoms with Crippen LogP contribution in [0, 0.1) is 5.82 Å². The molecule has 2 aromatic heterocycles. The molecular weight excluding hydrogens is 459 g/mol. The van der Waals surface area contributed by atoms with Crippen LogP contribution in [-0.4, -0.2) is 57.3 Å². The Labute approximate surface area is 202 Å². The van der Waals surface area contributed by atoms with Crippen LogP contribution in [0.2, 0.25) is 0 Å². The topological polar surface area (TPSA) is 133 Å². The van der Waals surface area contributed by atoms with Gasteiger partial charge in [0, 0.05) is 30.9 Å². The molecule has 0 saturated carbocycles. The summed E-state index contributed by atoms with van der Waals surface area (Å²) in [7, 11) is 2.81. The van der Waals surface area contributed by atoms with Gasteiger partial charge >= 0.3 is 0 Å². The van der Waals surface area contributed by atoms with Crippen molar-refractivity contribution in [3.63, 3.8) is 0 Å². The van der Waals surface area contributed by atoms with Gasteiger partial charge < -0.3 is 30.0 Å². The zero-order valence-corrected chi connectivity index (χ0v) is 20.0. The molecule has 0 radical (unpaired) electrons. The standard InChI is InChI=1S/C23H29FN6O5/c1-23(2,32)35-7-5-6-30-13-17(10-28-30)29-22-26-11-18(12-27-22)34-14-16-8-15(21(31)25-3)9-19(33-4)20(16)24/h8-13,32H,5-7,14H2,1-4H3,(H,25,31)(H,26,27,29). The summed E-state index contributed by atoms with van der Waals surface area (Å²) in [5, 5.41) is 19.3. The van der Waals surface area contributed by atoms with Crippen LogP contribution in [0.25, 0.3) is 0 Å². The first kappa shape index (κ1) is 25.8. The van der Waals surface area contributed by atoms with Crippen molar-refractivity contribution in [1.82, 2.24) is 25.1 Å². The number of benzene rings is 1. The van der Waals surface area contributed by atoms with Gasteiger partial charge in [0.25, 0.3) is 5.91 Å². The summed E-state index contributed by atoms with van der Waals surface area (Å²) >= 11 is 0. The molecule has 0 bridgehead atoms. The maximum absolute atomic E-state index is 14.6. The first-order valence-electron chi connectivity index (χ1n) is 10.9. The molecule has 0 atom stereocenters. The van der Waals surface area contributed by atoms with Gasteiger partial charge in [0.2, 0.25) is 5.95 Å². The van der Waals surface area contributed by atoms with Gasteiger partial charge in [-0.2, -0.15) is 5.10 Å². The molecule has 3 N–H and O–H groups in total. The lowest BCUT2D eigenvalue weighted by Crippen LogP contribution is -2.24. The summed E-state index contributed by atoms with van der Waals surface area (Å²) in [4.78, 5) is 20.3. The maximum atomic E-state index is 14.6. The minimum atomic E-state index is -1.15. The SMILES string of the molecule is CNC(=O)c1cc(COc2cnc(Nc3cnn(CCCOC(C)(C)O)c3)nc2)c(F)c(OC)c1. The largest absolute Gasteiger partial charge is 0.494 e. The second-order valence-electron chi connectivity index (χ2n) is 8.03. The molecule has 3 rings (SSSR count). The third-order valence-corrected chi connectivity index (χ3v) is 4.72. The van der Waals surface area contributed by atoms with Gasteiger partial charge in [-0.1, -0.05) is 0 Å². The number of methoxy groups -OCH3 is 1. The highest BCUT2D eigenvalue weighted by atomic mass is 19.1. The molecule has 0 unspecified atom stereocenters. The third kappa shape index (κ3) is 7.62. The summed E-state index contributed by atoms with van der Waals surface area (Å²) in [6, 6.07) is 2.73. The number of hydrogen-bond acceptors (Lipinski definition) is 9. The third-order valence-electron chi connectivity index (χ3n) is 4.72. The van der Waals surface area contributed by atoms with Gasteiger partial charge in [-0.25, -0.2) is 14.4 Å². The van der Waals surface area contributed by atoms with E-state index >= 15 is 0 Å². The van der Waals surface area contributed by atoms with Crippen molar-refractivity contribution >= 4 is 17.5 Å². The number of ether oxygens (including phenoxy) is 3. The van der Waals surface area contributed by atoms with Crippen LogP contribution >= 0.6 is 0 Å². The summed E-state index contributed by atoms with van der Waals surface area (Å²) < 4.78 is 32.2. The van der Waals surface area contributed by atoms with Gasteiger partial charge in [0.1, 0.15) is 6.61 Å². The molecule has 0 saturated heterocycles. The molecule has 0 aliphatic carbocycles. The Kier molecular flexibility index (Phi) is 8.55. The van der Waals surface area contributed by atoms with Gasteiger partial charge in [-0.3, -0.25) is 9.48 Å². The lowest BCUT2D eigenvalue weighted by molar-refractivity contribution is -0.176. The van der Waals surface area contributed by atoms with Crippen molar-refractivity contribution < 1.29 is 28.5 Å². The van der Waals surface area contributed by atoms with Crippen LogP contribution in [0.15, 0.2) is 36.9 Å². The number of nitrogens with zero attached hydrogens (tertiary/aromatic N) is 4. The van der Waals surface area contributed by atoms with Crippen LogP contribution < -0.4 is 20.1 Å². The van der Waals surface area contributed by atoms with E-state index in [9.17, 15) is 14.3 Å². The highest BCUT2D eigenvalue weighted by Gasteiger charge is 2.16. The van der Waals surface area contributed by atoms with E-state index in [1.807, 2.05) is 0 Å². The molecule has 0 aliphatic heterocycles. The lowest BCUT2D eigenvalue weighted by atomic mass is 10.1. The number of aryl methyl sites for hydroxylation is 1. The van der Waals surface area contributed by atoms with E-state index < -0.39 is 11.6 Å². The van der Waals surface area contributed by atoms with Crippen molar-refractivity contribution in [1.29, 1.82) is 0 Å². The molecule has 188 valence electrons. The van der Waals surface area contributed by atoms with Crippen LogP contribution in [0.4, 0.5) is 16.0 Å². The number of halogens is 1. The maximum Gasteiger partial charge on any atom is 0.251 e. The molecule has 12 heteroatoms. The van der Waals surface area contributed by atoms with Crippen LogP contribution in [0.3, 0.4) is 0 Å².